The molecule has 18 heavy (non-hydrogen) atoms. The molecule has 2 N–H and O–H groups in total. The van der Waals surface area contributed by atoms with E-state index in [1.54, 1.807) is 6.07 Å². The summed E-state index contributed by atoms with van der Waals surface area (Å²) in [5.74, 6) is -0.457. The van der Waals surface area contributed by atoms with Gasteiger partial charge in [0.2, 0.25) is 0 Å². The number of carbonyl (C=O) groups is 2. The molecule has 0 aliphatic carbocycles. The highest BCUT2D eigenvalue weighted by atomic mass is 16.5. The zero-order chi connectivity index (χ0) is 13.7. The lowest BCUT2D eigenvalue weighted by Crippen LogP contribution is -2.30. The normalized spacial score (nSPS) is 11.5. The van der Waals surface area contributed by atoms with E-state index < -0.39 is 18.0 Å². The predicted octanol–water partition coefficient (Wildman–Crippen LogP) is 0.734. The van der Waals surface area contributed by atoms with Crippen LogP contribution >= 0.6 is 0 Å². The van der Waals surface area contributed by atoms with Crippen LogP contribution in [0.15, 0.2) is 18.2 Å². The summed E-state index contributed by atoms with van der Waals surface area (Å²) in [6, 6.07) is 4.55. The monoisotopic (exact) mass is 253 g/mol. The average molecular weight is 253 g/mol. The zero-order valence-corrected chi connectivity index (χ0v) is 10.4. The Hall–Kier alpha value is -2.24. The Labute approximate surface area is 105 Å². The van der Waals surface area contributed by atoms with Crippen molar-refractivity contribution in [2.45, 2.75) is 13.0 Å². The van der Waals surface area contributed by atoms with Crippen molar-refractivity contribution in [1.29, 1.82) is 0 Å². The molecule has 0 bridgehead atoms. The number of ether oxygens (including phenoxy) is 3. The molecule has 1 atom stereocenters. The van der Waals surface area contributed by atoms with Gasteiger partial charge in [0, 0.05) is 0 Å². The van der Waals surface area contributed by atoms with Crippen molar-refractivity contribution < 1.29 is 23.8 Å². The molecule has 1 rings (SSSR count). The van der Waals surface area contributed by atoms with Crippen LogP contribution in [0.2, 0.25) is 0 Å². The Balaban J connectivity index is 2.90. The largest absolute Gasteiger partial charge is 0.493 e. The molecule has 0 aromatic heterocycles. The second-order valence-electron chi connectivity index (χ2n) is 3.52. The fraction of sp³-hybridized carbons (Fsp3) is 0.333. The van der Waals surface area contributed by atoms with Crippen molar-refractivity contribution in [3.63, 3.8) is 0 Å². The second-order valence-corrected chi connectivity index (χ2v) is 3.52. The topological polar surface area (TPSA) is 87.9 Å². The van der Waals surface area contributed by atoms with Crippen LogP contribution in [-0.4, -0.2) is 32.2 Å². The molecule has 0 aliphatic heterocycles. The molecule has 0 spiro atoms. The van der Waals surface area contributed by atoms with Crippen LogP contribution in [0.3, 0.4) is 0 Å². The summed E-state index contributed by atoms with van der Waals surface area (Å²) in [5, 5.41) is 0. The van der Waals surface area contributed by atoms with E-state index in [1.165, 1.54) is 33.3 Å². The maximum atomic E-state index is 11.7. The second kappa shape index (κ2) is 5.90. The van der Waals surface area contributed by atoms with Gasteiger partial charge in [-0.1, -0.05) is 0 Å². The SMILES string of the molecule is COc1ccc(C(=O)O[C@@H](C)C(N)=O)cc1OC. The van der Waals surface area contributed by atoms with Crippen LogP contribution in [0.25, 0.3) is 0 Å². The minimum Gasteiger partial charge on any atom is -0.493 e. The number of rotatable bonds is 5. The van der Waals surface area contributed by atoms with Gasteiger partial charge in [-0.05, 0) is 25.1 Å². The van der Waals surface area contributed by atoms with Crippen molar-refractivity contribution in [2.75, 3.05) is 14.2 Å². The van der Waals surface area contributed by atoms with E-state index in [0.29, 0.717) is 11.5 Å². The average Bonchev–Trinajstić information content (AvgIpc) is 2.37. The van der Waals surface area contributed by atoms with E-state index in [4.69, 9.17) is 19.9 Å². The van der Waals surface area contributed by atoms with Crippen molar-refractivity contribution in [1.82, 2.24) is 0 Å². The van der Waals surface area contributed by atoms with Gasteiger partial charge in [-0.2, -0.15) is 0 Å². The number of hydrogen-bond acceptors (Lipinski definition) is 5. The van der Waals surface area contributed by atoms with Crippen LogP contribution in [0.1, 0.15) is 17.3 Å². The number of carbonyl (C=O) groups excluding carboxylic acids is 2. The summed E-state index contributed by atoms with van der Waals surface area (Å²) in [6.07, 6.45) is -0.981. The minimum absolute atomic E-state index is 0.251. The van der Waals surface area contributed by atoms with Gasteiger partial charge in [-0.15, -0.1) is 0 Å². The van der Waals surface area contributed by atoms with Crippen molar-refractivity contribution in [3.8, 4) is 11.5 Å². The van der Waals surface area contributed by atoms with Crippen molar-refractivity contribution >= 4 is 11.9 Å². The van der Waals surface area contributed by atoms with Gasteiger partial charge >= 0.3 is 5.97 Å². The number of hydrogen-bond donors (Lipinski definition) is 1. The van der Waals surface area contributed by atoms with E-state index in [-0.39, 0.29) is 5.56 Å². The molecule has 6 nitrogen and oxygen atoms in total. The summed E-state index contributed by atoms with van der Waals surface area (Å²) in [7, 11) is 2.95. The van der Waals surface area contributed by atoms with Gasteiger partial charge in [0.25, 0.3) is 5.91 Å². The Morgan fingerprint density at radius 3 is 2.28 bits per heavy atom. The molecule has 0 unspecified atom stereocenters. The molecule has 1 aromatic rings. The summed E-state index contributed by atoms with van der Waals surface area (Å²) in [5.41, 5.74) is 5.25. The van der Waals surface area contributed by atoms with E-state index in [9.17, 15) is 9.59 Å². The highest BCUT2D eigenvalue weighted by Crippen LogP contribution is 2.27. The molecule has 0 fully saturated rings. The standard InChI is InChI=1S/C12H15NO5/c1-7(11(13)14)18-12(15)8-4-5-9(16-2)10(6-8)17-3/h4-7H,1-3H3,(H2,13,14)/t7-/m0/s1. The molecule has 0 saturated heterocycles. The summed E-state index contributed by atoms with van der Waals surface area (Å²) in [6.45, 7) is 1.40. The van der Waals surface area contributed by atoms with Crippen molar-refractivity contribution in [2.24, 2.45) is 5.73 Å². The first kappa shape index (κ1) is 13.8. The van der Waals surface area contributed by atoms with Gasteiger partial charge in [-0.3, -0.25) is 4.79 Å². The first-order chi connectivity index (χ1) is 8.49. The fourth-order valence-corrected chi connectivity index (χ4v) is 1.25. The molecule has 98 valence electrons. The van der Waals surface area contributed by atoms with E-state index >= 15 is 0 Å². The highest BCUT2D eigenvalue weighted by Gasteiger charge is 2.17. The van der Waals surface area contributed by atoms with Crippen LogP contribution in [-0.2, 0) is 9.53 Å². The van der Waals surface area contributed by atoms with E-state index in [2.05, 4.69) is 0 Å². The van der Waals surface area contributed by atoms with Gasteiger partial charge in [0.15, 0.2) is 17.6 Å². The Morgan fingerprint density at radius 1 is 1.17 bits per heavy atom. The number of nitrogens with two attached hydrogens (primary N) is 1. The summed E-state index contributed by atoms with van der Waals surface area (Å²) < 4.78 is 15.0. The third-order valence-corrected chi connectivity index (χ3v) is 2.30. The molecule has 1 aromatic carbocycles. The maximum absolute atomic E-state index is 11.7. The van der Waals surface area contributed by atoms with Gasteiger partial charge in [0.1, 0.15) is 0 Å². The van der Waals surface area contributed by atoms with Crippen LogP contribution in [0.4, 0.5) is 0 Å². The Bertz CT molecular complexity index is 458. The van der Waals surface area contributed by atoms with E-state index in [1.807, 2.05) is 0 Å². The molecular weight excluding hydrogens is 238 g/mol. The lowest BCUT2D eigenvalue weighted by atomic mass is 10.2. The highest BCUT2D eigenvalue weighted by molar-refractivity contribution is 5.92. The third kappa shape index (κ3) is 3.13. The van der Waals surface area contributed by atoms with Gasteiger partial charge < -0.3 is 19.9 Å². The third-order valence-electron chi connectivity index (χ3n) is 2.30. The zero-order valence-electron chi connectivity index (χ0n) is 10.4. The fourth-order valence-electron chi connectivity index (χ4n) is 1.25. The van der Waals surface area contributed by atoms with Gasteiger partial charge in [0.05, 0.1) is 19.8 Å². The summed E-state index contributed by atoms with van der Waals surface area (Å²) >= 11 is 0. The number of primary amides is 1. The molecule has 0 aliphatic rings. The van der Waals surface area contributed by atoms with Crippen molar-refractivity contribution in [3.05, 3.63) is 23.8 Å². The van der Waals surface area contributed by atoms with Crippen LogP contribution in [0.5, 0.6) is 11.5 Å². The molecule has 6 heteroatoms. The minimum atomic E-state index is -0.981. The number of esters is 1. The van der Waals surface area contributed by atoms with E-state index in [0.717, 1.165) is 0 Å². The molecule has 0 heterocycles. The molecule has 0 radical (unpaired) electrons. The quantitative estimate of drug-likeness (QED) is 0.782. The van der Waals surface area contributed by atoms with Gasteiger partial charge in [-0.25, -0.2) is 4.79 Å². The smallest absolute Gasteiger partial charge is 0.339 e. The molecule has 1 amide bonds. The number of benzene rings is 1. The first-order valence-corrected chi connectivity index (χ1v) is 5.22. The number of amides is 1. The lowest BCUT2D eigenvalue weighted by molar-refractivity contribution is -0.125. The lowest BCUT2D eigenvalue weighted by Gasteiger charge is -2.11. The summed E-state index contributed by atoms with van der Waals surface area (Å²) in [4.78, 5) is 22.5. The number of methoxy groups -OCH3 is 2. The Kier molecular flexibility index (Phi) is 4.53. The van der Waals surface area contributed by atoms with Crippen LogP contribution in [0, 0.1) is 0 Å². The first-order valence-electron chi connectivity index (χ1n) is 5.22. The molecule has 0 saturated carbocycles. The predicted molar refractivity (Wildman–Crippen MR) is 63.6 cm³/mol. The molecular formula is C12H15NO5. The maximum Gasteiger partial charge on any atom is 0.339 e. The van der Waals surface area contributed by atoms with Crippen LogP contribution < -0.4 is 15.2 Å². The Morgan fingerprint density at radius 2 is 1.78 bits per heavy atom.